The highest BCUT2D eigenvalue weighted by Crippen LogP contribution is 2.46. The molecule has 0 spiro atoms. The Hall–Kier alpha value is -1.67. The number of fused-ring (bicyclic) bond motifs is 1. The van der Waals surface area contributed by atoms with Crippen LogP contribution in [0.3, 0.4) is 0 Å². The molecule has 0 unspecified atom stereocenters. The standard InChI is InChI=1S/C23H28OS/c1-6-16-14-19-20(23(4,5)12-11-22(19,2)3)15-18(16)21(24)10-9-17-8-7-13-25-17/h7-10,13-15H,6,11-12H2,1-5H3/b10-9+. The SMILES string of the molecule is CCc1cc2c(cc1C(=O)/C=C/c1cccs1)C(C)(C)CCC2(C)C. The Morgan fingerprint density at radius 2 is 1.76 bits per heavy atom. The quantitative estimate of drug-likeness (QED) is 0.450. The molecule has 0 N–H and O–H groups in total. The van der Waals surface area contributed by atoms with E-state index in [4.69, 9.17) is 0 Å². The molecule has 0 atom stereocenters. The van der Waals surface area contributed by atoms with Gasteiger partial charge in [0.15, 0.2) is 5.78 Å². The van der Waals surface area contributed by atoms with Crippen LogP contribution < -0.4 is 0 Å². The fourth-order valence-corrected chi connectivity index (χ4v) is 4.43. The predicted molar refractivity (Wildman–Crippen MR) is 109 cm³/mol. The number of thiophene rings is 1. The molecule has 0 radical (unpaired) electrons. The van der Waals surface area contributed by atoms with Crippen LogP contribution in [0.15, 0.2) is 35.7 Å². The molecule has 0 bridgehead atoms. The smallest absolute Gasteiger partial charge is 0.186 e. The maximum absolute atomic E-state index is 12.9. The molecule has 132 valence electrons. The number of ketones is 1. The van der Waals surface area contributed by atoms with Gasteiger partial charge in [-0.15, -0.1) is 11.3 Å². The molecule has 0 aliphatic heterocycles. The van der Waals surface area contributed by atoms with Gasteiger partial charge in [0.25, 0.3) is 0 Å². The summed E-state index contributed by atoms with van der Waals surface area (Å²) in [6, 6.07) is 8.54. The van der Waals surface area contributed by atoms with Crippen molar-refractivity contribution in [1.82, 2.24) is 0 Å². The lowest BCUT2D eigenvalue weighted by molar-refractivity contribution is 0.104. The first kappa shape index (κ1) is 18.1. The van der Waals surface area contributed by atoms with Crippen LogP contribution in [0.25, 0.3) is 6.08 Å². The molecule has 0 fully saturated rings. The van der Waals surface area contributed by atoms with Crippen molar-refractivity contribution >= 4 is 23.2 Å². The summed E-state index contributed by atoms with van der Waals surface area (Å²) in [7, 11) is 0. The highest BCUT2D eigenvalue weighted by molar-refractivity contribution is 7.10. The van der Waals surface area contributed by atoms with E-state index in [-0.39, 0.29) is 16.6 Å². The summed E-state index contributed by atoms with van der Waals surface area (Å²) in [5, 5.41) is 2.03. The van der Waals surface area contributed by atoms with Crippen molar-refractivity contribution in [3.05, 3.63) is 62.9 Å². The Bertz CT molecular complexity index is 807. The lowest BCUT2D eigenvalue weighted by Gasteiger charge is -2.42. The largest absolute Gasteiger partial charge is 0.289 e. The van der Waals surface area contributed by atoms with Crippen LogP contribution in [-0.4, -0.2) is 5.78 Å². The molecule has 25 heavy (non-hydrogen) atoms. The second-order valence-electron chi connectivity index (χ2n) is 8.39. The van der Waals surface area contributed by atoms with Gasteiger partial charge in [-0.25, -0.2) is 0 Å². The summed E-state index contributed by atoms with van der Waals surface area (Å²) in [5.74, 6) is 0.118. The normalized spacial score (nSPS) is 18.3. The molecule has 2 aromatic rings. The fraction of sp³-hybridized carbons (Fsp3) is 0.435. The monoisotopic (exact) mass is 352 g/mol. The van der Waals surface area contributed by atoms with E-state index in [2.05, 4.69) is 46.8 Å². The Morgan fingerprint density at radius 3 is 2.32 bits per heavy atom. The average molecular weight is 353 g/mol. The highest BCUT2D eigenvalue weighted by atomic mass is 32.1. The molecule has 0 saturated carbocycles. The van der Waals surface area contributed by atoms with Crippen LogP contribution in [0.1, 0.15) is 79.4 Å². The zero-order valence-electron chi connectivity index (χ0n) is 16.0. The first-order chi connectivity index (χ1) is 11.7. The molecule has 2 heteroatoms. The Labute approximate surface area is 155 Å². The lowest BCUT2D eigenvalue weighted by Crippen LogP contribution is -2.34. The van der Waals surface area contributed by atoms with E-state index >= 15 is 0 Å². The van der Waals surface area contributed by atoms with Crippen molar-refractivity contribution in [2.45, 2.75) is 64.7 Å². The van der Waals surface area contributed by atoms with Gasteiger partial charge >= 0.3 is 0 Å². The molecule has 1 aliphatic carbocycles. The van der Waals surface area contributed by atoms with E-state index in [9.17, 15) is 4.79 Å². The number of rotatable bonds is 4. The molecule has 1 aromatic carbocycles. The number of hydrogen-bond donors (Lipinski definition) is 0. The minimum atomic E-state index is 0.118. The Morgan fingerprint density at radius 1 is 1.12 bits per heavy atom. The van der Waals surface area contributed by atoms with E-state index in [0.717, 1.165) is 23.3 Å². The topological polar surface area (TPSA) is 17.1 Å². The molecule has 1 aromatic heterocycles. The van der Waals surface area contributed by atoms with Crippen LogP contribution >= 0.6 is 11.3 Å². The number of benzene rings is 1. The zero-order chi connectivity index (χ0) is 18.2. The van der Waals surface area contributed by atoms with E-state index in [1.165, 1.54) is 23.1 Å². The van der Waals surface area contributed by atoms with E-state index in [1.807, 2.05) is 23.6 Å². The molecule has 0 saturated heterocycles. The van der Waals surface area contributed by atoms with Crippen molar-refractivity contribution in [2.75, 3.05) is 0 Å². The van der Waals surface area contributed by atoms with Crippen LogP contribution in [-0.2, 0) is 17.3 Å². The summed E-state index contributed by atoms with van der Waals surface area (Å²) >= 11 is 1.65. The molecule has 3 rings (SSSR count). The van der Waals surface area contributed by atoms with Gasteiger partial charge in [-0.2, -0.15) is 0 Å². The van der Waals surface area contributed by atoms with Crippen molar-refractivity contribution in [3.8, 4) is 0 Å². The summed E-state index contributed by atoms with van der Waals surface area (Å²) in [4.78, 5) is 14.0. The third kappa shape index (κ3) is 3.50. The van der Waals surface area contributed by atoms with Gasteiger partial charge in [-0.05, 0) is 76.4 Å². The molecule has 1 heterocycles. The molecule has 1 nitrogen and oxygen atoms in total. The number of hydrogen-bond acceptors (Lipinski definition) is 2. The second kappa shape index (κ2) is 6.57. The van der Waals surface area contributed by atoms with Crippen molar-refractivity contribution < 1.29 is 4.79 Å². The van der Waals surface area contributed by atoms with Crippen molar-refractivity contribution in [2.24, 2.45) is 0 Å². The van der Waals surface area contributed by atoms with Gasteiger partial charge in [-0.3, -0.25) is 4.79 Å². The summed E-state index contributed by atoms with van der Waals surface area (Å²) in [6.45, 7) is 11.4. The Kier molecular flexibility index (Phi) is 4.76. The fourth-order valence-electron chi connectivity index (χ4n) is 3.81. The van der Waals surface area contributed by atoms with Crippen molar-refractivity contribution in [1.29, 1.82) is 0 Å². The van der Waals surface area contributed by atoms with E-state index in [1.54, 1.807) is 17.4 Å². The minimum Gasteiger partial charge on any atom is -0.289 e. The third-order valence-corrected chi connectivity index (χ3v) is 6.50. The van der Waals surface area contributed by atoms with E-state index in [0.29, 0.717) is 0 Å². The third-order valence-electron chi connectivity index (χ3n) is 5.67. The number of carbonyl (C=O) groups excluding carboxylic acids is 1. The van der Waals surface area contributed by atoms with Gasteiger partial charge in [0.1, 0.15) is 0 Å². The van der Waals surface area contributed by atoms with E-state index < -0.39 is 0 Å². The number of aryl methyl sites for hydroxylation is 1. The van der Waals surface area contributed by atoms with Gasteiger partial charge in [0.05, 0.1) is 0 Å². The van der Waals surface area contributed by atoms with Crippen molar-refractivity contribution in [3.63, 3.8) is 0 Å². The van der Waals surface area contributed by atoms with Gasteiger partial charge in [0, 0.05) is 10.4 Å². The van der Waals surface area contributed by atoms with Gasteiger partial charge in [0.2, 0.25) is 0 Å². The maximum Gasteiger partial charge on any atom is 0.186 e. The summed E-state index contributed by atoms with van der Waals surface area (Å²) < 4.78 is 0. The van der Waals surface area contributed by atoms with Gasteiger partial charge < -0.3 is 0 Å². The second-order valence-corrected chi connectivity index (χ2v) is 9.37. The molecule has 0 amide bonds. The number of carbonyl (C=O) groups is 1. The van der Waals surface area contributed by atoms with Crippen LogP contribution in [0, 0.1) is 0 Å². The Balaban J connectivity index is 2.07. The number of allylic oxidation sites excluding steroid dienone is 1. The first-order valence-electron chi connectivity index (χ1n) is 9.18. The lowest BCUT2D eigenvalue weighted by atomic mass is 9.62. The van der Waals surface area contributed by atoms with Crippen LogP contribution in [0.5, 0.6) is 0 Å². The van der Waals surface area contributed by atoms with Crippen LogP contribution in [0.2, 0.25) is 0 Å². The zero-order valence-corrected chi connectivity index (χ0v) is 16.8. The molecular formula is C23H28OS. The first-order valence-corrected chi connectivity index (χ1v) is 10.1. The average Bonchev–Trinajstić information content (AvgIpc) is 3.09. The molecular weight excluding hydrogens is 324 g/mol. The molecule has 1 aliphatic rings. The predicted octanol–water partition coefficient (Wildman–Crippen LogP) is 6.56. The minimum absolute atomic E-state index is 0.118. The summed E-state index contributed by atoms with van der Waals surface area (Å²) in [5.41, 5.74) is 5.14. The summed E-state index contributed by atoms with van der Waals surface area (Å²) in [6.07, 6.45) is 6.91. The maximum atomic E-state index is 12.9. The van der Waals surface area contributed by atoms with Crippen LogP contribution in [0.4, 0.5) is 0 Å². The highest BCUT2D eigenvalue weighted by Gasteiger charge is 2.37. The van der Waals surface area contributed by atoms with Gasteiger partial charge in [-0.1, -0.05) is 46.8 Å².